The first-order valence-corrected chi connectivity index (χ1v) is 9.47. The fourth-order valence-corrected chi connectivity index (χ4v) is 3.57. The van der Waals surface area contributed by atoms with Gasteiger partial charge in [-0.05, 0) is 48.7 Å². The van der Waals surface area contributed by atoms with Crippen LogP contribution in [-0.4, -0.2) is 46.9 Å². The summed E-state index contributed by atoms with van der Waals surface area (Å²) in [5.41, 5.74) is 3.47. The summed E-state index contributed by atoms with van der Waals surface area (Å²) in [4.78, 5) is 33.5. The van der Waals surface area contributed by atoms with Crippen LogP contribution in [0.25, 0.3) is 11.0 Å². The predicted molar refractivity (Wildman–Crippen MR) is 107 cm³/mol. The van der Waals surface area contributed by atoms with E-state index in [4.69, 9.17) is 4.42 Å². The van der Waals surface area contributed by atoms with Gasteiger partial charge in [-0.3, -0.25) is 19.5 Å². The third kappa shape index (κ3) is 3.55. The van der Waals surface area contributed by atoms with Crippen molar-refractivity contribution in [2.45, 2.75) is 20.4 Å². The fourth-order valence-electron chi connectivity index (χ4n) is 3.57. The molecule has 0 aliphatic carbocycles. The van der Waals surface area contributed by atoms with Crippen molar-refractivity contribution in [3.05, 3.63) is 75.4 Å². The Kier molecular flexibility index (Phi) is 4.96. The quantitative estimate of drug-likeness (QED) is 0.702. The van der Waals surface area contributed by atoms with Gasteiger partial charge in [0.2, 0.25) is 0 Å². The molecule has 1 fully saturated rings. The molecule has 3 aromatic rings. The van der Waals surface area contributed by atoms with E-state index in [0.717, 1.165) is 30.8 Å². The van der Waals surface area contributed by atoms with Gasteiger partial charge in [-0.1, -0.05) is 6.07 Å². The molecule has 144 valence electrons. The Morgan fingerprint density at radius 1 is 1.07 bits per heavy atom. The average Bonchev–Trinajstić information content (AvgIpc) is 2.72. The maximum atomic E-state index is 12.9. The number of piperazine rings is 1. The Hall–Kier alpha value is -2.99. The van der Waals surface area contributed by atoms with E-state index in [1.807, 2.05) is 32.0 Å². The van der Waals surface area contributed by atoms with E-state index >= 15 is 0 Å². The second-order valence-corrected chi connectivity index (χ2v) is 7.28. The number of fused-ring (bicyclic) bond motifs is 1. The smallest absolute Gasteiger partial charge is 0.289 e. The molecule has 0 radical (unpaired) electrons. The number of aromatic nitrogens is 1. The monoisotopic (exact) mass is 377 g/mol. The number of nitrogens with zero attached hydrogens (tertiary/aromatic N) is 3. The van der Waals surface area contributed by atoms with E-state index in [1.54, 1.807) is 23.4 Å². The standard InChI is InChI=1S/C22H23N3O3/c1-15-3-4-18-19(26)13-20(28-21(18)16(15)2)22(27)25-11-9-24(10-12-25)14-17-5-7-23-8-6-17/h3-8,13H,9-12,14H2,1-2H3. The highest BCUT2D eigenvalue weighted by molar-refractivity contribution is 5.93. The molecule has 28 heavy (non-hydrogen) atoms. The first-order chi connectivity index (χ1) is 13.5. The molecular formula is C22H23N3O3. The molecule has 3 heterocycles. The Bertz CT molecular complexity index is 1070. The van der Waals surface area contributed by atoms with Crippen molar-refractivity contribution in [2.24, 2.45) is 0 Å². The summed E-state index contributed by atoms with van der Waals surface area (Å²) in [5.74, 6) is -0.0998. The van der Waals surface area contributed by atoms with Gasteiger partial charge in [0.25, 0.3) is 5.91 Å². The second kappa shape index (κ2) is 7.56. The van der Waals surface area contributed by atoms with E-state index in [2.05, 4.69) is 9.88 Å². The van der Waals surface area contributed by atoms with Crippen molar-refractivity contribution in [1.29, 1.82) is 0 Å². The Morgan fingerprint density at radius 3 is 2.50 bits per heavy atom. The summed E-state index contributed by atoms with van der Waals surface area (Å²) >= 11 is 0. The summed E-state index contributed by atoms with van der Waals surface area (Å²) < 4.78 is 5.88. The van der Waals surface area contributed by atoms with Gasteiger partial charge < -0.3 is 9.32 Å². The summed E-state index contributed by atoms with van der Waals surface area (Å²) in [6.45, 7) is 7.50. The lowest BCUT2D eigenvalue weighted by Gasteiger charge is -2.34. The van der Waals surface area contributed by atoms with E-state index in [9.17, 15) is 9.59 Å². The van der Waals surface area contributed by atoms with Gasteiger partial charge in [0.15, 0.2) is 11.2 Å². The van der Waals surface area contributed by atoms with Crippen molar-refractivity contribution in [2.75, 3.05) is 26.2 Å². The van der Waals surface area contributed by atoms with Gasteiger partial charge in [-0.2, -0.15) is 0 Å². The maximum Gasteiger partial charge on any atom is 0.289 e. The third-order valence-electron chi connectivity index (χ3n) is 5.44. The number of hydrogen-bond donors (Lipinski definition) is 0. The van der Waals surface area contributed by atoms with Crippen molar-refractivity contribution >= 4 is 16.9 Å². The second-order valence-electron chi connectivity index (χ2n) is 7.28. The van der Waals surface area contributed by atoms with Crippen LogP contribution >= 0.6 is 0 Å². The molecule has 1 amide bonds. The molecule has 1 aliphatic heterocycles. The summed E-state index contributed by atoms with van der Waals surface area (Å²) in [6, 6.07) is 8.99. The first kappa shape index (κ1) is 18.4. The minimum absolute atomic E-state index is 0.119. The van der Waals surface area contributed by atoms with E-state index < -0.39 is 0 Å². The molecule has 6 nitrogen and oxygen atoms in total. The van der Waals surface area contributed by atoms with Gasteiger partial charge in [0, 0.05) is 51.2 Å². The van der Waals surface area contributed by atoms with Crippen LogP contribution in [0, 0.1) is 13.8 Å². The SMILES string of the molecule is Cc1ccc2c(=O)cc(C(=O)N3CCN(Cc4ccncc4)CC3)oc2c1C. The Balaban J connectivity index is 1.50. The molecule has 2 aromatic heterocycles. The number of carbonyl (C=O) groups excluding carboxylic acids is 1. The van der Waals surface area contributed by atoms with Crippen LogP contribution in [0.3, 0.4) is 0 Å². The highest BCUT2D eigenvalue weighted by atomic mass is 16.3. The summed E-state index contributed by atoms with van der Waals surface area (Å²) in [6.07, 6.45) is 3.58. The van der Waals surface area contributed by atoms with Crippen LogP contribution in [-0.2, 0) is 6.54 Å². The zero-order chi connectivity index (χ0) is 19.7. The molecule has 0 N–H and O–H groups in total. The summed E-state index contributed by atoms with van der Waals surface area (Å²) in [7, 11) is 0. The molecule has 0 unspecified atom stereocenters. The van der Waals surface area contributed by atoms with Crippen molar-refractivity contribution in [3.8, 4) is 0 Å². The zero-order valence-corrected chi connectivity index (χ0v) is 16.1. The van der Waals surface area contributed by atoms with Crippen LogP contribution in [0.2, 0.25) is 0 Å². The highest BCUT2D eigenvalue weighted by Crippen LogP contribution is 2.21. The van der Waals surface area contributed by atoms with Gasteiger partial charge in [-0.15, -0.1) is 0 Å². The first-order valence-electron chi connectivity index (χ1n) is 9.47. The number of rotatable bonds is 3. The molecule has 1 aromatic carbocycles. The van der Waals surface area contributed by atoms with Crippen molar-refractivity contribution in [1.82, 2.24) is 14.8 Å². The molecule has 0 atom stereocenters. The topological polar surface area (TPSA) is 66.7 Å². The van der Waals surface area contributed by atoms with Gasteiger partial charge >= 0.3 is 0 Å². The number of amides is 1. The number of carbonyl (C=O) groups is 1. The molecule has 6 heteroatoms. The maximum absolute atomic E-state index is 12.9. The van der Waals surface area contributed by atoms with E-state index in [1.165, 1.54) is 11.6 Å². The summed E-state index contributed by atoms with van der Waals surface area (Å²) in [5, 5.41) is 0.516. The lowest BCUT2D eigenvalue weighted by Crippen LogP contribution is -2.48. The van der Waals surface area contributed by atoms with E-state index in [-0.39, 0.29) is 17.1 Å². The normalized spacial score (nSPS) is 15.1. The fraction of sp³-hybridized carbons (Fsp3) is 0.318. The van der Waals surface area contributed by atoms with Crippen molar-refractivity contribution < 1.29 is 9.21 Å². The lowest BCUT2D eigenvalue weighted by atomic mass is 10.1. The third-order valence-corrected chi connectivity index (χ3v) is 5.44. The van der Waals surface area contributed by atoms with Gasteiger partial charge in [0.05, 0.1) is 5.39 Å². The van der Waals surface area contributed by atoms with Crippen LogP contribution in [0.1, 0.15) is 27.2 Å². The minimum Gasteiger partial charge on any atom is -0.450 e. The largest absolute Gasteiger partial charge is 0.450 e. The number of aryl methyl sites for hydroxylation is 2. The number of pyridine rings is 1. The molecule has 4 rings (SSSR count). The zero-order valence-electron chi connectivity index (χ0n) is 16.1. The number of hydrogen-bond acceptors (Lipinski definition) is 5. The molecule has 0 bridgehead atoms. The van der Waals surface area contributed by atoms with Crippen LogP contribution in [0.5, 0.6) is 0 Å². The Labute approximate surface area is 163 Å². The number of benzene rings is 1. The molecule has 1 saturated heterocycles. The molecule has 0 saturated carbocycles. The molecular weight excluding hydrogens is 354 g/mol. The van der Waals surface area contributed by atoms with Gasteiger partial charge in [-0.25, -0.2) is 0 Å². The highest BCUT2D eigenvalue weighted by Gasteiger charge is 2.24. The van der Waals surface area contributed by atoms with Crippen LogP contribution in [0.15, 0.2) is 51.9 Å². The lowest BCUT2D eigenvalue weighted by molar-refractivity contribution is 0.0598. The average molecular weight is 377 g/mol. The molecule has 1 aliphatic rings. The van der Waals surface area contributed by atoms with E-state index in [0.29, 0.717) is 24.1 Å². The molecule has 0 spiro atoms. The van der Waals surface area contributed by atoms with Gasteiger partial charge in [0.1, 0.15) is 5.58 Å². The van der Waals surface area contributed by atoms with Crippen LogP contribution < -0.4 is 5.43 Å². The Morgan fingerprint density at radius 2 is 1.79 bits per heavy atom. The van der Waals surface area contributed by atoms with Crippen molar-refractivity contribution in [3.63, 3.8) is 0 Å². The minimum atomic E-state index is -0.219. The predicted octanol–water partition coefficient (Wildman–Crippen LogP) is 2.76. The van der Waals surface area contributed by atoms with Crippen LogP contribution in [0.4, 0.5) is 0 Å².